The largest absolute Gasteiger partial charge is 0.381 e. The van der Waals surface area contributed by atoms with Gasteiger partial charge < -0.3 is 10.1 Å². The summed E-state index contributed by atoms with van der Waals surface area (Å²) in [6, 6.07) is 0. The number of hydrogen-bond acceptors (Lipinski definition) is 2. The van der Waals surface area contributed by atoms with Crippen molar-refractivity contribution in [3.8, 4) is 0 Å². The SMILES string of the molecule is CCCCOCCCNCCCC(C)C. The maximum absolute atomic E-state index is 5.48. The van der Waals surface area contributed by atoms with E-state index in [0.717, 1.165) is 38.6 Å². The molecule has 0 aliphatic rings. The fourth-order valence-corrected chi connectivity index (χ4v) is 1.41. The lowest BCUT2D eigenvalue weighted by molar-refractivity contribution is 0.129. The number of unbranched alkanes of at least 4 members (excludes halogenated alkanes) is 1. The van der Waals surface area contributed by atoms with E-state index in [1.54, 1.807) is 0 Å². The molecule has 0 aromatic heterocycles. The number of rotatable bonds is 11. The Hall–Kier alpha value is -0.0800. The predicted octanol–water partition coefficient (Wildman–Crippen LogP) is 3.22. The highest BCUT2D eigenvalue weighted by Gasteiger charge is 1.93. The van der Waals surface area contributed by atoms with Crippen molar-refractivity contribution in [2.24, 2.45) is 5.92 Å². The lowest BCUT2D eigenvalue weighted by atomic mass is 10.1. The molecular weight excluding hydrogens is 186 g/mol. The molecule has 0 amide bonds. The molecule has 0 unspecified atom stereocenters. The molecule has 1 N–H and O–H groups in total. The maximum Gasteiger partial charge on any atom is 0.0478 e. The van der Waals surface area contributed by atoms with Crippen molar-refractivity contribution >= 4 is 0 Å². The zero-order chi connectivity index (χ0) is 11.4. The molecule has 2 nitrogen and oxygen atoms in total. The highest BCUT2D eigenvalue weighted by Crippen LogP contribution is 2.01. The fourth-order valence-electron chi connectivity index (χ4n) is 1.41. The van der Waals surface area contributed by atoms with Crippen LogP contribution >= 0.6 is 0 Å². The molecule has 0 aromatic carbocycles. The Bertz CT molecular complexity index is 115. The van der Waals surface area contributed by atoms with Gasteiger partial charge in [-0.15, -0.1) is 0 Å². The van der Waals surface area contributed by atoms with E-state index in [2.05, 4.69) is 26.1 Å². The Morgan fingerprint density at radius 3 is 2.33 bits per heavy atom. The first-order valence-corrected chi connectivity index (χ1v) is 6.55. The van der Waals surface area contributed by atoms with Gasteiger partial charge >= 0.3 is 0 Å². The van der Waals surface area contributed by atoms with Gasteiger partial charge in [0, 0.05) is 13.2 Å². The van der Waals surface area contributed by atoms with Gasteiger partial charge in [-0.05, 0) is 44.7 Å². The first kappa shape index (κ1) is 14.9. The lowest BCUT2D eigenvalue weighted by Gasteiger charge is -2.07. The number of nitrogens with one attached hydrogen (secondary N) is 1. The van der Waals surface area contributed by atoms with E-state index in [9.17, 15) is 0 Å². The summed E-state index contributed by atoms with van der Waals surface area (Å²) in [5, 5.41) is 3.45. The van der Waals surface area contributed by atoms with Crippen LogP contribution in [0.3, 0.4) is 0 Å². The van der Waals surface area contributed by atoms with Crippen molar-refractivity contribution < 1.29 is 4.74 Å². The Labute approximate surface area is 95.8 Å². The molecule has 0 aromatic rings. The van der Waals surface area contributed by atoms with Crippen LogP contribution in [-0.2, 0) is 4.74 Å². The van der Waals surface area contributed by atoms with Crippen LogP contribution in [0.15, 0.2) is 0 Å². The molecule has 0 bridgehead atoms. The Kier molecular flexibility index (Phi) is 11.9. The summed E-state index contributed by atoms with van der Waals surface area (Å²) in [4.78, 5) is 0. The maximum atomic E-state index is 5.48. The van der Waals surface area contributed by atoms with Crippen molar-refractivity contribution in [1.29, 1.82) is 0 Å². The minimum Gasteiger partial charge on any atom is -0.381 e. The summed E-state index contributed by atoms with van der Waals surface area (Å²) in [6.45, 7) is 10.9. The van der Waals surface area contributed by atoms with E-state index in [4.69, 9.17) is 4.74 Å². The average Bonchev–Trinajstić information content (AvgIpc) is 2.20. The molecule has 0 fully saturated rings. The summed E-state index contributed by atoms with van der Waals surface area (Å²) in [5.41, 5.74) is 0. The van der Waals surface area contributed by atoms with E-state index in [1.165, 1.54) is 25.7 Å². The van der Waals surface area contributed by atoms with Gasteiger partial charge in [0.25, 0.3) is 0 Å². The lowest BCUT2D eigenvalue weighted by Crippen LogP contribution is -2.18. The second-order valence-corrected chi connectivity index (χ2v) is 4.61. The van der Waals surface area contributed by atoms with Crippen molar-refractivity contribution in [3.63, 3.8) is 0 Å². The van der Waals surface area contributed by atoms with Gasteiger partial charge in [0.2, 0.25) is 0 Å². The first-order valence-electron chi connectivity index (χ1n) is 6.55. The fraction of sp³-hybridized carbons (Fsp3) is 1.00. The van der Waals surface area contributed by atoms with E-state index in [0.29, 0.717) is 0 Å². The van der Waals surface area contributed by atoms with Gasteiger partial charge in [0.05, 0.1) is 0 Å². The van der Waals surface area contributed by atoms with Crippen molar-refractivity contribution in [3.05, 3.63) is 0 Å². The van der Waals surface area contributed by atoms with Crippen LogP contribution in [0.4, 0.5) is 0 Å². The topological polar surface area (TPSA) is 21.3 Å². The highest BCUT2D eigenvalue weighted by molar-refractivity contribution is 4.51. The van der Waals surface area contributed by atoms with Crippen LogP contribution in [0.2, 0.25) is 0 Å². The van der Waals surface area contributed by atoms with Crippen LogP contribution in [0.1, 0.15) is 52.9 Å². The minimum atomic E-state index is 0.837. The molecule has 0 saturated heterocycles. The average molecular weight is 215 g/mol. The Morgan fingerprint density at radius 1 is 1.00 bits per heavy atom. The van der Waals surface area contributed by atoms with Crippen molar-refractivity contribution in [2.45, 2.75) is 52.9 Å². The zero-order valence-corrected chi connectivity index (χ0v) is 10.8. The summed E-state index contributed by atoms with van der Waals surface area (Å²) in [7, 11) is 0. The Morgan fingerprint density at radius 2 is 1.67 bits per heavy atom. The highest BCUT2D eigenvalue weighted by atomic mass is 16.5. The first-order chi connectivity index (χ1) is 7.27. The predicted molar refractivity (Wildman–Crippen MR) is 67.3 cm³/mol. The summed E-state index contributed by atoms with van der Waals surface area (Å²) >= 11 is 0. The van der Waals surface area contributed by atoms with Gasteiger partial charge in [-0.1, -0.05) is 27.2 Å². The second-order valence-electron chi connectivity index (χ2n) is 4.61. The molecule has 0 aliphatic heterocycles. The molecule has 15 heavy (non-hydrogen) atoms. The molecule has 2 heteroatoms. The third-order valence-electron chi connectivity index (χ3n) is 2.42. The third-order valence-corrected chi connectivity index (χ3v) is 2.42. The van der Waals surface area contributed by atoms with Gasteiger partial charge in [0.1, 0.15) is 0 Å². The van der Waals surface area contributed by atoms with E-state index in [-0.39, 0.29) is 0 Å². The second kappa shape index (κ2) is 12.0. The summed E-state index contributed by atoms with van der Waals surface area (Å²) in [5.74, 6) is 0.837. The quantitative estimate of drug-likeness (QED) is 0.534. The van der Waals surface area contributed by atoms with Crippen LogP contribution in [0.25, 0.3) is 0 Å². The van der Waals surface area contributed by atoms with Crippen molar-refractivity contribution in [2.75, 3.05) is 26.3 Å². The van der Waals surface area contributed by atoms with Gasteiger partial charge in [0.15, 0.2) is 0 Å². The van der Waals surface area contributed by atoms with Gasteiger partial charge in [-0.2, -0.15) is 0 Å². The monoisotopic (exact) mass is 215 g/mol. The molecular formula is C13H29NO. The molecule has 0 heterocycles. The minimum absolute atomic E-state index is 0.837. The summed E-state index contributed by atoms with van der Waals surface area (Å²) in [6.07, 6.45) is 6.20. The molecule has 0 saturated carbocycles. The van der Waals surface area contributed by atoms with Crippen molar-refractivity contribution in [1.82, 2.24) is 5.32 Å². The molecule has 0 atom stereocenters. The van der Waals surface area contributed by atoms with Gasteiger partial charge in [-0.25, -0.2) is 0 Å². The smallest absolute Gasteiger partial charge is 0.0478 e. The van der Waals surface area contributed by atoms with E-state index < -0.39 is 0 Å². The van der Waals surface area contributed by atoms with Crippen LogP contribution in [0, 0.1) is 5.92 Å². The molecule has 92 valence electrons. The van der Waals surface area contributed by atoms with E-state index >= 15 is 0 Å². The van der Waals surface area contributed by atoms with Crippen LogP contribution in [-0.4, -0.2) is 26.3 Å². The Balaban J connectivity index is 2.87. The molecule has 0 aliphatic carbocycles. The number of ether oxygens (including phenoxy) is 1. The normalized spacial score (nSPS) is 11.2. The molecule has 0 rings (SSSR count). The molecule has 0 spiro atoms. The molecule has 0 radical (unpaired) electrons. The zero-order valence-electron chi connectivity index (χ0n) is 10.8. The van der Waals surface area contributed by atoms with Crippen LogP contribution in [0.5, 0.6) is 0 Å². The van der Waals surface area contributed by atoms with Gasteiger partial charge in [-0.3, -0.25) is 0 Å². The summed E-state index contributed by atoms with van der Waals surface area (Å²) < 4.78 is 5.48. The third kappa shape index (κ3) is 13.9. The van der Waals surface area contributed by atoms with Crippen LogP contribution < -0.4 is 5.32 Å². The van der Waals surface area contributed by atoms with E-state index in [1.807, 2.05) is 0 Å². The number of hydrogen-bond donors (Lipinski definition) is 1. The standard InChI is InChI=1S/C13H29NO/c1-4-5-11-15-12-7-10-14-9-6-8-13(2)3/h13-14H,4-12H2,1-3H3.